The number of hydrogen-bond acceptors (Lipinski definition) is 4. The summed E-state index contributed by atoms with van der Waals surface area (Å²) < 4.78 is 9.72. The van der Waals surface area contributed by atoms with Crippen LogP contribution < -0.4 is 0 Å². The standard InChI is InChI=1S/C12H24N2O4/c1-13(9-17-3)11(15)7-5-6-8-12(16)14(2)10-18-4/h5-10H2,1-4H3. The molecule has 0 aliphatic rings. The number of hydrogen-bond donors (Lipinski definition) is 0. The van der Waals surface area contributed by atoms with Crippen molar-refractivity contribution in [1.82, 2.24) is 9.80 Å². The third kappa shape index (κ3) is 7.24. The minimum Gasteiger partial charge on any atom is -0.364 e. The first-order chi connectivity index (χ1) is 8.52. The number of nitrogens with zero attached hydrogens (tertiary/aromatic N) is 2. The fourth-order valence-corrected chi connectivity index (χ4v) is 1.47. The fourth-order valence-electron chi connectivity index (χ4n) is 1.47. The van der Waals surface area contributed by atoms with Crippen molar-refractivity contribution >= 4 is 11.8 Å². The second-order valence-electron chi connectivity index (χ2n) is 4.23. The van der Waals surface area contributed by atoms with Crippen LogP contribution in [0.4, 0.5) is 0 Å². The lowest BCUT2D eigenvalue weighted by molar-refractivity contribution is -0.136. The molecular weight excluding hydrogens is 236 g/mol. The predicted octanol–water partition coefficient (Wildman–Crippen LogP) is 0.671. The average molecular weight is 260 g/mol. The van der Waals surface area contributed by atoms with Gasteiger partial charge in [0.2, 0.25) is 11.8 Å². The zero-order chi connectivity index (χ0) is 14.0. The molecule has 0 radical (unpaired) electrons. The van der Waals surface area contributed by atoms with Crippen LogP contribution in [0.25, 0.3) is 0 Å². The lowest BCUT2D eigenvalue weighted by Crippen LogP contribution is -2.29. The van der Waals surface area contributed by atoms with E-state index in [1.807, 2.05) is 0 Å². The Kier molecular flexibility index (Phi) is 9.22. The van der Waals surface area contributed by atoms with E-state index in [4.69, 9.17) is 9.47 Å². The van der Waals surface area contributed by atoms with Crippen molar-refractivity contribution in [2.75, 3.05) is 41.8 Å². The van der Waals surface area contributed by atoms with E-state index in [1.54, 1.807) is 28.3 Å². The predicted molar refractivity (Wildman–Crippen MR) is 67.8 cm³/mol. The monoisotopic (exact) mass is 260 g/mol. The summed E-state index contributed by atoms with van der Waals surface area (Å²) in [7, 11) is 6.49. The van der Waals surface area contributed by atoms with E-state index in [0.29, 0.717) is 39.1 Å². The smallest absolute Gasteiger partial charge is 0.224 e. The maximum absolute atomic E-state index is 11.5. The third-order valence-electron chi connectivity index (χ3n) is 2.53. The number of ether oxygens (including phenoxy) is 2. The number of rotatable bonds is 9. The second-order valence-corrected chi connectivity index (χ2v) is 4.23. The molecule has 0 saturated heterocycles. The maximum Gasteiger partial charge on any atom is 0.224 e. The molecule has 0 saturated carbocycles. The first-order valence-electron chi connectivity index (χ1n) is 5.98. The van der Waals surface area contributed by atoms with Crippen molar-refractivity contribution in [3.05, 3.63) is 0 Å². The van der Waals surface area contributed by atoms with Gasteiger partial charge in [0.15, 0.2) is 0 Å². The Balaban J connectivity index is 3.67. The molecule has 18 heavy (non-hydrogen) atoms. The first kappa shape index (κ1) is 16.9. The normalized spacial score (nSPS) is 10.2. The van der Waals surface area contributed by atoms with Gasteiger partial charge in [0, 0.05) is 41.2 Å². The Morgan fingerprint density at radius 3 is 1.44 bits per heavy atom. The fraction of sp³-hybridized carbons (Fsp3) is 0.833. The van der Waals surface area contributed by atoms with Crippen LogP contribution in [-0.2, 0) is 19.1 Å². The Bertz CT molecular complexity index is 232. The molecule has 0 bridgehead atoms. The van der Waals surface area contributed by atoms with Crippen molar-refractivity contribution in [2.24, 2.45) is 0 Å². The van der Waals surface area contributed by atoms with Crippen molar-refractivity contribution in [2.45, 2.75) is 25.7 Å². The van der Waals surface area contributed by atoms with Crippen molar-refractivity contribution in [3.63, 3.8) is 0 Å². The van der Waals surface area contributed by atoms with Crippen LogP contribution in [0.15, 0.2) is 0 Å². The molecule has 0 aromatic carbocycles. The summed E-state index contributed by atoms with van der Waals surface area (Å²) in [5, 5.41) is 0. The molecule has 0 N–H and O–H groups in total. The van der Waals surface area contributed by atoms with Crippen molar-refractivity contribution < 1.29 is 19.1 Å². The highest BCUT2D eigenvalue weighted by Gasteiger charge is 2.10. The highest BCUT2D eigenvalue weighted by Crippen LogP contribution is 2.04. The lowest BCUT2D eigenvalue weighted by Gasteiger charge is -2.16. The van der Waals surface area contributed by atoms with Gasteiger partial charge in [-0.1, -0.05) is 0 Å². The van der Waals surface area contributed by atoms with Gasteiger partial charge in [-0.25, -0.2) is 0 Å². The largest absolute Gasteiger partial charge is 0.364 e. The van der Waals surface area contributed by atoms with Crippen LogP contribution in [0, 0.1) is 0 Å². The van der Waals surface area contributed by atoms with E-state index in [-0.39, 0.29) is 11.8 Å². The summed E-state index contributed by atoms with van der Waals surface area (Å²) in [6.45, 7) is 0.600. The van der Waals surface area contributed by atoms with Gasteiger partial charge in [0.25, 0.3) is 0 Å². The maximum atomic E-state index is 11.5. The summed E-state index contributed by atoms with van der Waals surface area (Å²) in [5.41, 5.74) is 0. The summed E-state index contributed by atoms with van der Waals surface area (Å²) in [4.78, 5) is 26.1. The van der Waals surface area contributed by atoms with Crippen LogP contribution in [-0.4, -0.2) is 63.4 Å². The number of carbonyl (C=O) groups is 2. The Hall–Kier alpha value is -1.14. The van der Waals surface area contributed by atoms with Gasteiger partial charge in [0.05, 0.1) is 0 Å². The van der Waals surface area contributed by atoms with Gasteiger partial charge in [0.1, 0.15) is 13.5 Å². The summed E-state index contributed by atoms with van der Waals surface area (Å²) >= 11 is 0. The summed E-state index contributed by atoms with van der Waals surface area (Å²) in [6.07, 6.45) is 2.31. The number of unbranched alkanes of at least 4 members (excludes halogenated alkanes) is 1. The molecule has 2 amide bonds. The average Bonchev–Trinajstić information content (AvgIpc) is 2.34. The minimum absolute atomic E-state index is 0.0366. The summed E-state index contributed by atoms with van der Waals surface area (Å²) in [5.74, 6) is 0.0732. The van der Waals surface area contributed by atoms with E-state index in [0.717, 1.165) is 0 Å². The Labute approximate surface area is 109 Å². The number of carbonyl (C=O) groups excluding carboxylic acids is 2. The SMILES string of the molecule is COCN(C)C(=O)CCCCC(=O)N(C)COC. The quantitative estimate of drug-likeness (QED) is 0.451. The first-order valence-corrected chi connectivity index (χ1v) is 5.98. The minimum atomic E-state index is 0.0366. The van der Waals surface area contributed by atoms with Crippen LogP contribution >= 0.6 is 0 Å². The topological polar surface area (TPSA) is 59.1 Å². The number of methoxy groups -OCH3 is 2. The molecule has 0 atom stereocenters. The zero-order valence-corrected chi connectivity index (χ0v) is 11.8. The van der Waals surface area contributed by atoms with Crippen molar-refractivity contribution in [3.8, 4) is 0 Å². The molecular formula is C12H24N2O4. The summed E-state index contributed by atoms with van der Waals surface area (Å²) in [6, 6.07) is 0. The second kappa shape index (κ2) is 9.85. The van der Waals surface area contributed by atoms with Gasteiger partial charge in [-0.2, -0.15) is 0 Å². The Morgan fingerprint density at radius 2 is 1.17 bits per heavy atom. The molecule has 6 heteroatoms. The van der Waals surface area contributed by atoms with Crippen LogP contribution in [0.3, 0.4) is 0 Å². The molecule has 106 valence electrons. The molecule has 0 rings (SSSR count). The molecule has 6 nitrogen and oxygen atoms in total. The van der Waals surface area contributed by atoms with Gasteiger partial charge in [-0.3, -0.25) is 9.59 Å². The van der Waals surface area contributed by atoms with Crippen molar-refractivity contribution in [1.29, 1.82) is 0 Å². The van der Waals surface area contributed by atoms with E-state index in [1.165, 1.54) is 9.80 Å². The van der Waals surface area contributed by atoms with E-state index >= 15 is 0 Å². The molecule has 0 fully saturated rings. The van der Waals surface area contributed by atoms with Crippen LogP contribution in [0.2, 0.25) is 0 Å². The molecule has 0 aliphatic carbocycles. The highest BCUT2D eigenvalue weighted by molar-refractivity contribution is 5.76. The molecule has 0 aliphatic heterocycles. The highest BCUT2D eigenvalue weighted by atomic mass is 16.5. The zero-order valence-electron chi connectivity index (χ0n) is 11.8. The molecule has 0 unspecified atom stereocenters. The van der Waals surface area contributed by atoms with Crippen LogP contribution in [0.5, 0.6) is 0 Å². The number of amides is 2. The van der Waals surface area contributed by atoms with Gasteiger partial charge in [-0.05, 0) is 12.8 Å². The van der Waals surface area contributed by atoms with E-state index in [9.17, 15) is 9.59 Å². The third-order valence-corrected chi connectivity index (χ3v) is 2.53. The van der Waals surface area contributed by atoms with E-state index < -0.39 is 0 Å². The van der Waals surface area contributed by atoms with Gasteiger partial charge >= 0.3 is 0 Å². The molecule has 0 aromatic rings. The Morgan fingerprint density at radius 1 is 0.833 bits per heavy atom. The van der Waals surface area contributed by atoms with Crippen LogP contribution in [0.1, 0.15) is 25.7 Å². The van der Waals surface area contributed by atoms with E-state index in [2.05, 4.69) is 0 Å². The lowest BCUT2D eigenvalue weighted by atomic mass is 10.1. The van der Waals surface area contributed by atoms with Gasteiger partial charge in [-0.15, -0.1) is 0 Å². The molecule has 0 spiro atoms. The molecule has 0 heterocycles. The van der Waals surface area contributed by atoms with Gasteiger partial charge < -0.3 is 19.3 Å². The molecule has 0 aromatic heterocycles.